The van der Waals surface area contributed by atoms with Crippen molar-refractivity contribution < 1.29 is 5.11 Å². The molecule has 0 spiro atoms. The molecule has 0 amide bonds. The van der Waals surface area contributed by atoms with E-state index in [4.69, 9.17) is 23.2 Å². The number of aliphatic hydroxyl groups is 1. The summed E-state index contributed by atoms with van der Waals surface area (Å²) in [5.41, 5.74) is 1.50. The molecule has 2 saturated heterocycles. The maximum Gasteiger partial charge on any atom is 0.0926 e. The Morgan fingerprint density at radius 1 is 1.04 bits per heavy atom. The number of rotatable bonds is 3. The van der Waals surface area contributed by atoms with Crippen LogP contribution in [0.1, 0.15) is 36.8 Å². The van der Waals surface area contributed by atoms with Crippen LogP contribution in [0.3, 0.4) is 0 Å². The third-order valence-corrected chi connectivity index (χ3v) is 8.04. The van der Waals surface area contributed by atoms with E-state index >= 15 is 0 Å². The van der Waals surface area contributed by atoms with Gasteiger partial charge < -0.3 is 5.11 Å². The van der Waals surface area contributed by atoms with Gasteiger partial charge in [0.05, 0.1) is 15.6 Å². The lowest BCUT2D eigenvalue weighted by Crippen LogP contribution is -2.49. The lowest BCUT2D eigenvalue weighted by atomic mass is 9.80. The van der Waals surface area contributed by atoms with Gasteiger partial charge in [-0.25, -0.2) is 0 Å². The zero-order valence-electron chi connectivity index (χ0n) is 14.9. The third-order valence-electron chi connectivity index (χ3n) is 6.29. The Bertz CT molecular complexity index is 987. The Kier molecular flexibility index (Phi) is 4.49. The van der Waals surface area contributed by atoms with Crippen molar-refractivity contribution in [2.24, 2.45) is 0 Å². The van der Waals surface area contributed by atoms with Gasteiger partial charge in [0.15, 0.2) is 0 Å². The van der Waals surface area contributed by atoms with Crippen molar-refractivity contribution in [2.45, 2.75) is 49.9 Å². The molecule has 2 unspecified atom stereocenters. The topological polar surface area (TPSA) is 23.5 Å². The molecule has 27 heavy (non-hydrogen) atoms. The molecule has 2 aromatic carbocycles. The van der Waals surface area contributed by atoms with Crippen LogP contribution >= 0.6 is 34.5 Å². The summed E-state index contributed by atoms with van der Waals surface area (Å²) in [4.78, 5) is 2.61. The molecule has 5 heteroatoms. The number of thiophene rings is 1. The summed E-state index contributed by atoms with van der Waals surface area (Å²) in [6.07, 6.45) is 3.81. The molecule has 140 valence electrons. The van der Waals surface area contributed by atoms with Crippen LogP contribution in [-0.4, -0.2) is 22.1 Å². The van der Waals surface area contributed by atoms with Crippen molar-refractivity contribution in [3.05, 3.63) is 69.0 Å². The highest BCUT2D eigenvalue weighted by atomic mass is 35.5. The monoisotopic (exact) mass is 417 g/mol. The fraction of sp³-hybridized carbons (Fsp3) is 0.364. The molecule has 3 aromatic rings. The first-order chi connectivity index (χ1) is 13.0. The van der Waals surface area contributed by atoms with Crippen LogP contribution in [0.25, 0.3) is 10.1 Å². The molecule has 1 N–H and O–H groups in total. The minimum absolute atomic E-state index is 0.405. The van der Waals surface area contributed by atoms with Crippen LogP contribution in [0.4, 0.5) is 0 Å². The van der Waals surface area contributed by atoms with E-state index in [0.717, 1.165) is 37.8 Å². The minimum Gasteiger partial charge on any atom is -0.385 e. The highest BCUT2D eigenvalue weighted by Crippen LogP contribution is 2.47. The van der Waals surface area contributed by atoms with Crippen LogP contribution in [0, 0.1) is 0 Å². The molecule has 0 aliphatic carbocycles. The van der Waals surface area contributed by atoms with Crippen LogP contribution in [-0.2, 0) is 12.1 Å². The summed E-state index contributed by atoms with van der Waals surface area (Å²) >= 11 is 14.1. The molecule has 2 bridgehead atoms. The molecular formula is C22H21Cl2NOS. The maximum absolute atomic E-state index is 11.4. The zero-order chi connectivity index (χ0) is 18.6. The van der Waals surface area contributed by atoms with Gasteiger partial charge in [-0.15, -0.1) is 11.3 Å². The fourth-order valence-electron chi connectivity index (χ4n) is 4.95. The van der Waals surface area contributed by atoms with Crippen molar-refractivity contribution in [3.8, 4) is 0 Å². The Hall–Kier alpha value is -1.10. The predicted octanol–water partition coefficient (Wildman–Crippen LogP) is 6.22. The summed E-state index contributed by atoms with van der Waals surface area (Å²) in [5.74, 6) is 0. The minimum atomic E-state index is -0.812. The van der Waals surface area contributed by atoms with Gasteiger partial charge in [0.25, 0.3) is 0 Å². The summed E-state index contributed by atoms with van der Waals surface area (Å²) in [7, 11) is 0. The van der Waals surface area contributed by atoms with E-state index in [1.165, 1.54) is 15.6 Å². The Morgan fingerprint density at radius 2 is 1.78 bits per heavy atom. The van der Waals surface area contributed by atoms with Gasteiger partial charge in [0, 0.05) is 23.3 Å². The predicted molar refractivity (Wildman–Crippen MR) is 114 cm³/mol. The number of piperidine rings is 1. The molecule has 3 heterocycles. The lowest BCUT2D eigenvalue weighted by molar-refractivity contribution is -0.0593. The molecule has 2 aliphatic heterocycles. The standard InChI is InChI=1S/C22H21Cl2NOS/c23-19-8-5-15(9-20(19)24)22(26)10-16-6-7-17(11-22)25(16)12-14-13-27-21-4-2-1-3-18(14)21/h1-5,8-9,13,16-17,26H,6-7,10-12H2. The van der Waals surface area contributed by atoms with E-state index in [9.17, 15) is 5.11 Å². The molecule has 2 fully saturated rings. The van der Waals surface area contributed by atoms with Crippen LogP contribution in [0.15, 0.2) is 47.8 Å². The summed E-state index contributed by atoms with van der Waals surface area (Å²) < 4.78 is 1.35. The van der Waals surface area contributed by atoms with Gasteiger partial charge in [0.1, 0.15) is 0 Å². The van der Waals surface area contributed by atoms with Crippen LogP contribution in [0.5, 0.6) is 0 Å². The highest BCUT2D eigenvalue weighted by molar-refractivity contribution is 7.17. The van der Waals surface area contributed by atoms with E-state index in [1.807, 2.05) is 23.5 Å². The molecule has 5 rings (SSSR count). The first kappa shape index (κ1) is 18.0. The normalized spacial score (nSPS) is 28.1. The van der Waals surface area contributed by atoms with Gasteiger partial charge in [-0.05, 0) is 65.8 Å². The number of hydrogen-bond acceptors (Lipinski definition) is 3. The van der Waals surface area contributed by atoms with Crippen molar-refractivity contribution in [1.82, 2.24) is 4.90 Å². The van der Waals surface area contributed by atoms with E-state index in [1.54, 1.807) is 6.07 Å². The molecule has 0 radical (unpaired) electrons. The van der Waals surface area contributed by atoms with Crippen molar-refractivity contribution in [3.63, 3.8) is 0 Å². The fourth-order valence-corrected chi connectivity index (χ4v) is 6.20. The smallest absolute Gasteiger partial charge is 0.0926 e. The zero-order valence-corrected chi connectivity index (χ0v) is 17.2. The average molecular weight is 418 g/mol. The van der Waals surface area contributed by atoms with E-state index < -0.39 is 5.60 Å². The number of benzene rings is 2. The number of halogens is 2. The molecule has 0 saturated carbocycles. The Labute approximate surface area is 173 Å². The Morgan fingerprint density at radius 3 is 2.52 bits per heavy atom. The van der Waals surface area contributed by atoms with Crippen LogP contribution in [0.2, 0.25) is 10.0 Å². The summed E-state index contributed by atoms with van der Waals surface area (Å²) in [6.45, 7) is 0.969. The highest BCUT2D eigenvalue weighted by Gasteiger charge is 2.48. The molecule has 2 aliphatic rings. The van der Waals surface area contributed by atoms with E-state index in [0.29, 0.717) is 22.1 Å². The van der Waals surface area contributed by atoms with Gasteiger partial charge >= 0.3 is 0 Å². The average Bonchev–Trinajstić information content (AvgIpc) is 3.17. The van der Waals surface area contributed by atoms with Gasteiger partial charge in [0.2, 0.25) is 0 Å². The maximum atomic E-state index is 11.4. The second kappa shape index (κ2) is 6.75. The second-order valence-electron chi connectivity index (χ2n) is 7.88. The third kappa shape index (κ3) is 3.10. The van der Waals surface area contributed by atoms with Crippen molar-refractivity contribution in [2.75, 3.05) is 0 Å². The quantitative estimate of drug-likeness (QED) is 0.546. The molecule has 1 aromatic heterocycles. The first-order valence-corrected chi connectivity index (χ1v) is 11.1. The van der Waals surface area contributed by atoms with E-state index in [-0.39, 0.29) is 0 Å². The molecule has 2 atom stereocenters. The van der Waals surface area contributed by atoms with Crippen molar-refractivity contribution >= 4 is 44.6 Å². The van der Waals surface area contributed by atoms with E-state index in [2.05, 4.69) is 34.5 Å². The molecule has 2 nitrogen and oxygen atoms in total. The van der Waals surface area contributed by atoms with Crippen LogP contribution < -0.4 is 0 Å². The van der Waals surface area contributed by atoms with Crippen molar-refractivity contribution in [1.29, 1.82) is 0 Å². The van der Waals surface area contributed by atoms with Gasteiger partial charge in [-0.3, -0.25) is 4.90 Å². The molecular weight excluding hydrogens is 397 g/mol. The SMILES string of the molecule is OC1(c2ccc(Cl)c(Cl)c2)CC2CCC(C1)N2Cc1csc2ccccc12. The summed E-state index contributed by atoms with van der Waals surface area (Å²) in [5, 5.41) is 16.1. The lowest BCUT2D eigenvalue weighted by Gasteiger charge is -2.44. The first-order valence-electron chi connectivity index (χ1n) is 9.42. The Balaban J connectivity index is 1.40. The summed E-state index contributed by atoms with van der Waals surface area (Å²) in [6, 6.07) is 15.0. The number of fused-ring (bicyclic) bond motifs is 3. The second-order valence-corrected chi connectivity index (χ2v) is 9.61. The van der Waals surface area contributed by atoms with Gasteiger partial charge in [-0.2, -0.15) is 0 Å². The van der Waals surface area contributed by atoms with Gasteiger partial charge in [-0.1, -0.05) is 47.5 Å². The largest absolute Gasteiger partial charge is 0.385 e. The number of nitrogens with zero attached hydrogens (tertiary/aromatic N) is 1. The number of hydrogen-bond donors (Lipinski definition) is 1.